The van der Waals surface area contributed by atoms with Crippen molar-refractivity contribution in [2.24, 2.45) is 0 Å². The summed E-state index contributed by atoms with van der Waals surface area (Å²) in [5, 5.41) is 12.4. The Morgan fingerprint density at radius 1 is 1.00 bits per heavy atom. The first kappa shape index (κ1) is 21.6. The van der Waals surface area contributed by atoms with Gasteiger partial charge in [0.05, 0.1) is 5.75 Å². The van der Waals surface area contributed by atoms with Crippen molar-refractivity contribution < 1.29 is 9.18 Å². The average molecular weight is 458 g/mol. The number of piperazine rings is 1. The highest BCUT2D eigenvalue weighted by Crippen LogP contribution is 2.29. The Morgan fingerprint density at radius 2 is 1.71 bits per heavy atom. The molecule has 4 rings (SSSR count). The number of rotatable bonds is 8. The van der Waals surface area contributed by atoms with Crippen LogP contribution >= 0.6 is 23.1 Å². The lowest BCUT2D eigenvalue weighted by Gasteiger charge is -2.35. The van der Waals surface area contributed by atoms with Crippen molar-refractivity contribution >= 4 is 39.8 Å². The molecule has 3 aromatic rings. The third-order valence-corrected chi connectivity index (χ3v) is 7.16. The summed E-state index contributed by atoms with van der Waals surface area (Å²) in [5.74, 6) is 0.124. The zero-order valence-electron chi connectivity index (χ0n) is 17.0. The monoisotopic (exact) mass is 457 g/mol. The zero-order chi connectivity index (χ0) is 21.5. The molecule has 1 aromatic heterocycles. The molecule has 1 fully saturated rings. The molecule has 0 bridgehead atoms. The van der Waals surface area contributed by atoms with E-state index in [1.165, 1.54) is 40.8 Å². The Morgan fingerprint density at radius 3 is 2.45 bits per heavy atom. The van der Waals surface area contributed by atoms with E-state index in [1.54, 1.807) is 0 Å². The minimum Gasteiger partial charge on any atom is -0.368 e. The van der Waals surface area contributed by atoms with E-state index >= 15 is 0 Å². The Hall–Kier alpha value is -2.65. The molecule has 0 radical (unpaired) electrons. The first-order valence-electron chi connectivity index (χ1n) is 10.2. The van der Waals surface area contributed by atoms with Crippen LogP contribution in [0.1, 0.15) is 5.56 Å². The van der Waals surface area contributed by atoms with Crippen LogP contribution in [0.2, 0.25) is 0 Å². The van der Waals surface area contributed by atoms with Crippen LogP contribution in [-0.4, -0.2) is 54.6 Å². The Kier molecular flexibility index (Phi) is 7.37. The molecular weight excluding hydrogens is 433 g/mol. The zero-order valence-corrected chi connectivity index (χ0v) is 18.7. The predicted molar refractivity (Wildman–Crippen MR) is 125 cm³/mol. The quantitative estimate of drug-likeness (QED) is 0.523. The number of carbonyl (C=O) groups is 1. The lowest BCUT2D eigenvalue weighted by atomic mass is 10.1. The Bertz CT molecular complexity index is 975. The van der Waals surface area contributed by atoms with Crippen molar-refractivity contribution in [3.05, 3.63) is 66.0 Å². The van der Waals surface area contributed by atoms with Crippen LogP contribution in [0, 0.1) is 5.82 Å². The van der Waals surface area contributed by atoms with Crippen molar-refractivity contribution in [3.8, 4) is 0 Å². The van der Waals surface area contributed by atoms with Crippen LogP contribution in [0.5, 0.6) is 0 Å². The number of hydrogen-bond acceptors (Lipinski definition) is 7. The number of amides is 1. The molecule has 0 unspecified atom stereocenters. The van der Waals surface area contributed by atoms with Gasteiger partial charge in [-0.2, -0.15) is 0 Å². The van der Waals surface area contributed by atoms with Crippen molar-refractivity contribution in [1.82, 2.24) is 15.5 Å². The van der Waals surface area contributed by atoms with Gasteiger partial charge in [-0.15, -0.1) is 10.2 Å². The summed E-state index contributed by atoms with van der Waals surface area (Å²) in [7, 11) is 0. The van der Waals surface area contributed by atoms with Gasteiger partial charge in [0.2, 0.25) is 11.0 Å². The van der Waals surface area contributed by atoms with E-state index in [1.807, 2.05) is 30.3 Å². The van der Waals surface area contributed by atoms with Crippen molar-refractivity contribution in [1.29, 1.82) is 0 Å². The number of benzene rings is 2. The van der Waals surface area contributed by atoms with Crippen molar-refractivity contribution in [3.63, 3.8) is 0 Å². The summed E-state index contributed by atoms with van der Waals surface area (Å²) in [6, 6.07) is 16.7. The third kappa shape index (κ3) is 6.18. The molecule has 1 N–H and O–H groups in total. The normalized spacial score (nSPS) is 14.0. The number of nitrogens with one attached hydrogen (secondary N) is 1. The summed E-state index contributed by atoms with van der Waals surface area (Å²) in [5.41, 5.74) is 2.25. The summed E-state index contributed by atoms with van der Waals surface area (Å²) in [6.07, 6.45) is 0.824. The highest BCUT2D eigenvalue weighted by atomic mass is 32.2. The summed E-state index contributed by atoms with van der Waals surface area (Å²) in [6.45, 7) is 3.98. The number of nitrogens with zero attached hydrogens (tertiary/aromatic N) is 4. The molecule has 1 amide bonds. The van der Waals surface area contributed by atoms with Gasteiger partial charge in [-0.1, -0.05) is 53.4 Å². The number of halogens is 1. The fraction of sp³-hybridized carbons (Fsp3) is 0.318. The Labute approximate surface area is 189 Å². The minimum absolute atomic E-state index is 0.00518. The maximum atomic E-state index is 13.1. The van der Waals surface area contributed by atoms with Gasteiger partial charge in [-0.25, -0.2) is 4.39 Å². The van der Waals surface area contributed by atoms with E-state index in [0.717, 1.165) is 47.8 Å². The molecule has 1 saturated heterocycles. The van der Waals surface area contributed by atoms with E-state index < -0.39 is 0 Å². The van der Waals surface area contributed by atoms with Crippen LogP contribution in [0.3, 0.4) is 0 Å². The second kappa shape index (κ2) is 10.6. The number of thioether (sulfide) groups is 1. The van der Waals surface area contributed by atoms with Crippen LogP contribution < -0.4 is 15.1 Å². The molecule has 1 aliphatic heterocycles. The van der Waals surface area contributed by atoms with Gasteiger partial charge in [0.15, 0.2) is 4.34 Å². The van der Waals surface area contributed by atoms with Crippen LogP contribution in [0.4, 0.5) is 15.2 Å². The van der Waals surface area contributed by atoms with Gasteiger partial charge in [0.25, 0.3) is 0 Å². The second-order valence-corrected chi connectivity index (χ2v) is 9.35. The maximum Gasteiger partial charge on any atom is 0.230 e. The molecule has 2 aromatic carbocycles. The molecule has 0 spiro atoms. The molecule has 31 heavy (non-hydrogen) atoms. The smallest absolute Gasteiger partial charge is 0.230 e. The van der Waals surface area contributed by atoms with Crippen LogP contribution in [0.15, 0.2) is 58.9 Å². The van der Waals surface area contributed by atoms with Gasteiger partial charge in [-0.05, 0) is 36.2 Å². The van der Waals surface area contributed by atoms with Gasteiger partial charge in [-0.3, -0.25) is 4.79 Å². The summed E-state index contributed by atoms with van der Waals surface area (Å²) < 4.78 is 13.9. The first-order valence-corrected chi connectivity index (χ1v) is 12.0. The largest absolute Gasteiger partial charge is 0.368 e. The number of aromatic nitrogens is 2. The van der Waals surface area contributed by atoms with Gasteiger partial charge in [0, 0.05) is 38.4 Å². The standard InChI is InChI=1S/C22H24FN5OS2/c23-18-6-8-19(9-7-18)27-12-14-28(15-13-27)21-25-26-22(31-21)30-16-20(29)24-11-10-17-4-2-1-3-5-17/h1-9H,10-16H2,(H,24,29). The molecule has 0 aliphatic carbocycles. The van der Waals surface area contributed by atoms with E-state index in [0.29, 0.717) is 12.3 Å². The Balaban J connectivity index is 1.19. The maximum absolute atomic E-state index is 13.1. The van der Waals surface area contributed by atoms with Crippen molar-refractivity contribution in [2.45, 2.75) is 10.8 Å². The van der Waals surface area contributed by atoms with E-state index in [9.17, 15) is 9.18 Å². The average Bonchev–Trinajstić information content (AvgIpc) is 3.28. The predicted octanol–water partition coefficient (Wildman–Crippen LogP) is 3.45. The van der Waals surface area contributed by atoms with Gasteiger partial charge >= 0.3 is 0 Å². The van der Waals surface area contributed by atoms with Crippen molar-refractivity contribution in [2.75, 3.05) is 48.3 Å². The molecule has 9 heteroatoms. The topological polar surface area (TPSA) is 61.4 Å². The molecule has 0 saturated carbocycles. The molecule has 162 valence electrons. The number of carbonyl (C=O) groups excluding carboxylic acids is 1. The van der Waals surface area contributed by atoms with Crippen LogP contribution in [-0.2, 0) is 11.2 Å². The number of anilines is 2. The fourth-order valence-electron chi connectivity index (χ4n) is 3.37. The first-order chi connectivity index (χ1) is 15.2. The highest BCUT2D eigenvalue weighted by Gasteiger charge is 2.20. The van der Waals surface area contributed by atoms with E-state index in [-0.39, 0.29) is 11.7 Å². The minimum atomic E-state index is -0.217. The van der Waals surface area contributed by atoms with E-state index in [4.69, 9.17) is 0 Å². The highest BCUT2D eigenvalue weighted by molar-refractivity contribution is 8.01. The number of hydrogen-bond donors (Lipinski definition) is 1. The molecule has 6 nitrogen and oxygen atoms in total. The second-order valence-electron chi connectivity index (χ2n) is 7.18. The molecule has 0 atom stereocenters. The fourth-order valence-corrected chi connectivity index (χ4v) is 5.09. The summed E-state index contributed by atoms with van der Waals surface area (Å²) in [4.78, 5) is 16.5. The molecular formula is C22H24FN5OS2. The van der Waals surface area contributed by atoms with E-state index in [2.05, 4.69) is 37.4 Å². The lowest BCUT2D eigenvalue weighted by molar-refractivity contribution is -0.118. The van der Waals surface area contributed by atoms with Gasteiger partial charge < -0.3 is 15.1 Å². The SMILES string of the molecule is O=C(CSc1nnc(N2CCN(c3ccc(F)cc3)CC2)s1)NCCc1ccccc1. The molecule has 2 heterocycles. The van der Waals surface area contributed by atoms with Crippen LogP contribution in [0.25, 0.3) is 0 Å². The third-order valence-electron chi connectivity index (χ3n) is 5.04. The van der Waals surface area contributed by atoms with Gasteiger partial charge in [0.1, 0.15) is 5.82 Å². The molecule has 1 aliphatic rings. The summed E-state index contributed by atoms with van der Waals surface area (Å²) >= 11 is 2.94. The lowest BCUT2D eigenvalue weighted by Crippen LogP contribution is -2.46.